The third kappa shape index (κ3) is 2.01. The Morgan fingerprint density at radius 3 is 2.67 bits per heavy atom. The van der Waals surface area contributed by atoms with Crippen LogP contribution in [0.3, 0.4) is 0 Å². The number of rotatable bonds is 3. The van der Waals surface area contributed by atoms with Crippen molar-refractivity contribution in [3.05, 3.63) is 23.5 Å². The van der Waals surface area contributed by atoms with E-state index in [1.807, 2.05) is 6.92 Å². The molecule has 3 N–H and O–H groups in total. The molecule has 1 rings (SSSR count). The number of halogens is 1. The third-order valence-electron chi connectivity index (χ3n) is 2.27. The number of hydrogen-bond acceptors (Lipinski definition) is 3. The van der Waals surface area contributed by atoms with E-state index in [9.17, 15) is 9.18 Å². The molecule has 0 amide bonds. The standard InChI is InChI=1S/C10H13FN2O2/c1-3-13(2)7-5-4-6(11)9(12)8(7)10(14)15/h4-5H,3,12H2,1-2H3,(H,14,15). The van der Waals surface area contributed by atoms with Gasteiger partial charge in [-0.1, -0.05) is 0 Å². The minimum atomic E-state index is -1.22. The summed E-state index contributed by atoms with van der Waals surface area (Å²) >= 11 is 0. The molecule has 82 valence electrons. The molecule has 0 aliphatic heterocycles. The van der Waals surface area contributed by atoms with Crippen molar-refractivity contribution in [3.8, 4) is 0 Å². The number of nitrogens with two attached hydrogens (primary N) is 1. The van der Waals surface area contributed by atoms with E-state index in [0.29, 0.717) is 12.2 Å². The summed E-state index contributed by atoms with van der Waals surface area (Å²) in [6.07, 6.45) is 0. The molecule has 0 unspecified atom stereocenters. The van der Waals surface area contributed by atoms with E-state index < -0.39 is 11.8 Å². The molecule has 0 aromatic heterocycles. The van der Waals surface area contributed by atoms with Gasteiger partial charge in [0.1, 0.15) is 11.4 Å². The first-order valence-electron chi connectivity index (χ1n) is 4.51. The van der Waals surface area contributed by atoms with E-state index in [1.165, 1.54) is 12.1 Å². The Bertz CT molecular complexity index is 393. The van der Waals surface area contributed by atoms with Gasteiger partial charge in [-0.05, 0) is 19.1 Å². The minimum absolute atomic E-state index is 0.181. The normalized spacial score (nSPS) is 10.1. The fraction of sp³-hybridized carbons (Fsp3) is 0.300. The smallest absolute Gasteiger partial charge is 0.340 e. The number of nitrogen functional groups attached to an aromatic ring is 1. The van der Waals surface area contributed by atoms with Gasteiger partial charge in [0.05, 0.1) is 11.4 Å². The van der Waals surface area contributed by atoms with E-state index in [4.69, 9.17) is 10.8 Å². The van der Waals surface area contributed by atoms with Gasteiger partial charge in [0.25, 0.3) is 0 Å². The molecule has 0 spiro atoms. The molecule has 0 saturated carbocycles. The van der Waals surface area contributed by atoms with Crippen molar-refractivity contribution < 1.29 is 14.3 Å². The van der Waals surface area contributed by atoms with Crippen molar-refractivity contribution in [2.75, 3.05) is 24.2 Å². The van der Waals surface area contributed by atoms with Crippen molar-refractivity contribution >= 4 is 17.3 Å². The van der Waals surface area contributed by atoms with E-state index in [2.05, 4.69) is 0 Å². The van der Waals surface area contributed by atoms with Crippen molar-refractivity contribution in [2.45, 2.75) is 6.92 Å². The van der Waals surface area contributed by atoms with E-state index >= 15 is 0 Å². The van der Waals surface area contributed by atoms with Gasteiger partial charge in [0, 0.05) is 13.6 Å². The topological polar surface area (TPSA) is 66.6 Å². The Balaban J connectivity index is 3.40. The number of aromatic carboxylic acids is 1. The zero-order valence-corrected chi connectivity index (χ0v) is 8.62. The van der Waals surface area contributed by atoms with Gasteiger partial charge in [-0.15, -0.1) is 0 Å². The first-order chi connectivity index (χ1) is 6.99. The van der Waals surface area contributed by atoms with Crippen LogP contribution in [0.25, 0.3) is 0 Å². The van der Waals surface area contributed by atoms with Crippen LogP contribution in [0.2, 0.25) is 0 Å². The highest BCUT2D eigenvalue weighted by molar-refractivity contribution is 6.00. The average Bonchev–Trinajstić information content (AvgIpc) is 2.20. The second-order valence-corrected chi connectivity index (χ2v) is 3.17. The highest BCUT2D eigenvalue weighted by Crippen LogP contribution is 2.27. The van der Waals surface area contributed by atoms with E-state index in [0.717, 1.165) is 0 Å². The van der Waals surface area contributed by atoms with Crippen molar-refractivity contribution in [3.63, 3.8) is 0 Å². The Morgan fingerprint density at radius 2 is 2.20 bits per heavy atom. The maximum absolute atomic E-state index is 13.1. The summed E-state index contributed by atoms with van der Waals surface area (Å²) in [5.74, 6) is -1.93. The van der Waals surface area contributed by atoms with Gasteiger partial charge in [-0.25, -0.2) is 9.18 Å². The van der Waals surface area contributed by atoms with Crippen molar-refractivity contribution in [1.82, 2.24) is 0 Å². The van der Waals surface area contributed by atoms with Crippen LogP contribution in [0.4, 0.5) is 15.8 Å². The Labute approximate surface area is 87.1 Å². The van der Waals surface area contributed by atoms with Crippen LogP contribution in [0, 0.1) is 5.82 Å². The van der Waals surface area contributed by atoms with Crippen LogP contribution in [0.15, 0.2) is 12.1 Å². The molecule has 0 aliphatic carbocycles. The monoisotopic (exact) mass is 212 g/mol. The zero-order chi connectivity index (χ0) is 11.6. The maximum Gasteiger partial charge on any atom is 0.340 e. The molecule has 1 aromatic carbocycles. The molecule has 0 aliphatic rings. The molecule has 0 fully saturated rings. The fourth-order valence-electron chi connectivity index (χ4n) is 1.30. The van der Waals surface area contributed by atoms with Crippen LogP contribution >= 0.6 is 0 Å². The maximum atomic E-state index is 13.1. The van der Waals surface area contributed by atoms with Gasteiger partial charge >= 0.3 is 5.97 Å². The molecular weight excluding hydrogens is 199 g/mol. The second-order valence-electron chi connectivity index (χ2n) is 3.17. The summed E-state index contributed by atoms with van der Waals surface area (Å²) in [4.78, 5) is 12.6. The predicted molar refractivity (Wildman–Crippen MR) is 56.7 cm³/mol. The second kappa shape index (κ2) is 4.16. The molecule has 0 saturated heterocycles. The molecular formula is C10H13FN2O2. The summed E-state index contributed by atoms with van der Waals surface area (Å²) in [6, 6.07) is 2.59. The number of nitrogens with zero attached hydrogens (tertiary/aromatic N) is 1. The van der Waals surface area contributed by atoms with Crippen LogP contribution in [-0.2, 0) is 0 Å². The molecule has 4 nitrogen and oxygen atoms in total. The summed E-state index contributed by atoms with van der Waals surface area (Å²) < 4.78 is 13.1. The number of carboxylic acids is 1. The first kappa shape index (κ1) is 11.3. The van der Waals surface area contributed by atoms with E-state index in [1.54, 1.807) is 11.9 Å². The quantitative estimate of drug-likeness (QED) is 0.746. The molecule has 0 radical (unpaired) electrons. The third-order valence-corrected chi connectivity index (χ3v) is 2.27. The largest absolute Gasteiger partial charge is 0.478 e. The fourth-order valence-corrected chi connectivity index (χ4v) is 1.30. The lowest BCUT2D eigenvalue weighted by atomic mass is 10.1. The molecule has 0 heterocycles. The van der Waals surface area contributed by atoms with Gasteiger partial charge < -0.3 is 15.7 Å². The number of carboxylic acid groups (broad SMARTS) is 1. The zero-order valence-electron chi connectivity index (χ0n) is 8.62. The van der Waals surface area contributed by atoms with Crippen LogP contribution < -0.4 is 10.6 Å². The molecule has 1 aromatic rings. The van der Waals surface area contributed by atoms with Gasteiger partial charge in [0.15, 0.2) is 0 Å². The van der Waals surface area contributed by atoms with Crippen LogP contribution in [0.1, 0.15) is 17.3 Å². The Morgan fingerprint density at radius 1 is 1.60 bits per heavy atom. The minimum Gasteiger partial charge on any atom is -0.478 e. The summed E-state index contributed by atoms with van der Waals surface area (Å²) in [5, 5.41) is 8.94. The predicted octanol–water partition coefficient (Wildman–Crippen LogP) is 1.56. The molecule has 0 bridgehead atoms. The summed E-state index contributed by atoms with van der Waals surface area (Å²) in [7, 11) is 1.72. The van der Waals surface area contributed by atoms with Crippen molar-refractivity contribution in [2.24, 2.45) is 0 Å². The SMILES string of the molecule is CCN(C)c1ccc(F)c(N)c1C(=O)O. The lowest BCUT2D eigenvalue weighted by Crippen LogP contribution is -2.20. The van der Waals surface area contributed by atoms with Crippen molar-refractivity contribution in [1.29, 1.82) is 0 Å². The van der Waals surface area contributed by atoms with Gasteiger partial charge in [0.2, 0.25) is 0 Å². The molecule has 5 heteroatoms. The number of hydrogen-bond donors (Lipinski definition) is 2. The van der Waals surface area contributed by atoms with Crippen LogP contribution in [-0.4, -0.2) is 24.7 Å². The molecule has 15 heavy (non-hydrogen) atoms. The van der Waals surface area contributed by atoms with Crippen LogP contribution in [0.5, 0.6) is 0 Å². The lowest BCUT2D eigenvalue weighted by Gasteiger charge is -2.20. The van der Waals surface area contributed by atoms with E-state index in [-0.39, 0.29) is 11.3 Å². The number of benzene rings is 1. The van der Waals surface area contributed by atoms with Gasteiger partial charge in [-0.2, -0.15) is 0 Å². The lowest BCUT2D eigenvalue weighted by molar-refractivity contribution is 0.0698. The number of carbonyl (C=O) groups is 1. The summed E-state index contributed by atoms with van der Waals surface area (Å²) in [5.41, 5.74) is 5.31. The Kier molecular flexibility index (Phi) is 3.14. The highest BCUT2D eigenvalue weighted by atomic mass is 19.1. The van der Waals surface area contributed by atoms with Gasteiger partial charge in [-0.3, -0.25) is 0 Å². The number of anilines is 2. The molecule has 0 atom stereocenters. The Hall–Kier alpha value is -1.78. The summed E-state index contributed by atoms with van der Waals surface area (Å²) in [6.45, 7) is 2.48. The highest BCUT2D eigenvalue weighted by Gasteiger charge is 2.18. The average molecular weight is 212 g/mol. The first-order valence-corrected chi connectivity index (χ1v) is 4.51.